The Bertz CT molecular complexity index is 1440. The van der Waals surface area contributed by atoms with Crippen LogP contribution in [0.25, 0.3) is 10.1 Å². The van der Waals surface area contributed by atoms with E-state index in [4.69, 9.17) is 16.3 Å². The van der Waals surface area contributed by atoms with Crippen molar-refractivity contribution in [1.82, 2.24) is 8.94 Å². The number of aromatic nitrogens is 2. The van der Waals surface area contributed by atoms with Crippen molar-refractivity contribution in [2.75, 3.05) is 23.6 Å². The Hall–Kier alpha value is -2.88. The summed E-state index contributed by atoms with van der Waals surface area (Å²) in [4.78, 5) is 6.49. The minimum atomic E-state index is -3.05. The van der Waals surface area contributed by atoms with Gasteiger partial charge in [0.1, 0.15) is 28.0 Å². The van der Waals surface area contributed by atoms with Gasteiger partial charge in [-0.05, 0) is 47.9 Å². The van der Waals surface area contributed by atoms with Gasteiger partial charge in [-0.1, -0.05) is 17.7 Å². The number of hydrogen-bond donors (Lipinski definition) is 0. The highest BCUT2D eigenvalue weighted by Crippen LogP contribution is 2.39. The molecule has 0 aliphatic carbocycles. The first-order chi connectivity index (χ1) is 15.4. The standard InChI is InChI=1S/C22H19ClN4O3S2/c1-32(28,29)10-9-26-8-7-18-19(26)13-24-14-27(18)15-5-6-21(17(23)11-15)30-20-3-2-4-22-16(20)12-25-31-22/h2-8,11-13H,9-10,14H2,1H3. The van der Waals surface area contributed by atoms with Crippen LogP contribution in [0.3, 0.4) is 0 Å². The third-order valence-corrected chi connectivity index (χ3v) is 7.20. The van der Waals surface area contributed by atoms with Gasteiger partial charge in [-0.3, -0.25) is 4.99 Å². The second-order valence-electron chi connectivity index (χ2n) is 7.50. The van der Waals surface area contributed by atoms with Gasteiger partial charge in [0, 0.05) is 30.9 Å². The highest BCUT2D eigenvalue weighted by Gasteiger charge is 2.21. The summed E-state index contributed by atoms with van der Waals surface area (Å²) in [5.41, 5.74) is 2.69. The van der Waals surface area contributed by atoms with Gasteiger partial charge in [0.05, 0.1) is 38.4 Å². The van der Waals surface area contributed by atoms with Gasteiger partial charge in [0.2, 0.25) is 0 Å². The van der Waals surface area contributed by atoms with Crippen molar-refractivity contribution >= 4 is 60.6 Å². The van der Waals surface area contributed by atoms with Crippen LogP contribution in [-0.4, -0.2) is 42.3 Å². The monoisotopic (exact) mass is 486 g/mol. The molecule has 1 aliphatic rings. The molecule has 0 atom stereocenters. The van der Waals surface area contributed by atoms with Crippen LogP contribution in [-0.2, 0) is 16.4 Å². The minimum Gasteiger partial charge on any atom is -0.455 e. The van der Waals surface area contributed by atoms with Crippen molar-refractivity contribution in [2.24, 2.45) is 4.99 Å². The van der Waals surface area contributed by atoms with Gasteiger partial charge < -0.3 is 14.2 Å². The van der Waals surface area contributed by atoms with E-state index >= 15 is 0 Å². The normalized spacial score (nSPS) is 13.5. The molecule has 0 bridgehead atoms. The lowest BCUT2D eigenvalue weighted by Gasteiger charge is -2.26. The Morgan fingerprint density at radius 1 is 1.19 bits per heavy atom. The highest BCUT2D eigenvalue weighted by molar-refractivity contribution is 7.90. The SMILES string of the molecule is CS(=O)(=O)CCn1ccc2c1C=NCN2c1ccc(Oc2cccc3sncc23)c(Cl)c1. The Balaban J connectivity index is 1.41. The maximum absolute atomic E-state index is 11.6. The van der Waals surface area contributed by atoms with Crippen LogP contribution in [0.5, 0.6) is 11.5 Å². The van der Waals surface area contributed by atoms with E-state index in [-0.39, 0.29) is 5.75 Å². The molecular weight excluding hydrogens is 468 g/mol. The van der Waals surface area contributed by atoms with Crippen molar-refractivity contribution in [1.29, 1.82) is 0 Å². The molecule has 0 N–H and O–H groups in total. The summed E-state index contributed by atoms with van der Waals surface area (Å²) in [6.07, 6.45) is 6.70. The number of anilines is 2. The number of halogens is 1. The summed E-state index contributed by atoms with van der Waals surface area (Å²) in [6, 6.07) is 13.4. The number of hydrogen-bond acceptors (Lipinski definition) is 7. The zero-order chi connectivity index (χ0) is 22.3. The van der Waals surface area contributed by atoms with E-state index in [2.05, 4.69) is 9.37 Å². The van der Waals surface area contributed by atoms with Crippen LogP contribution in [0.1, 0.15) is 5.69 Å². The number of nitrogens with zero attached hydrogens (tertiary/aromatic N) is 4. The molecule has 7 nitrogen and oxygen atoms in total. The number of rotatable bonds is 6. The number of aliphatic imine (C=N–C) groups is 1. The predicted molar refractivity (Wildman–Crippen MR) is 130 cm³/mol. The Morgan fingerprint density at radius 3 is 2.88 bits per heavy atom. The van der Waals surface area contributed by atoms with Gasteiger partial charge in [0.25, 0.3) is 0 Å². The largest absolute Gasteiger partial charge is 0.455 e. The molecule has 0 saturated heterocycles. The van der Waals surface area contributed by atoms with E-state index < -0.39 is 9.84 Å². The Labute approximate surface area is 194 Å². The summed E-state index contributed by atoms with van der Waals surface area (Å²) in [6.45, 7) is 0.823. The first-order valence-corrected chi connectivity index (χ1v) is 13.1. The van der Waals surface area contributed by atoms with E-state index in [0.717, 1.165) is 27.2 Å². The van der Waals surface area contributed by atoms with Gasteiger partial charge >= 0.3 is 0 Å². The van der Waals surface area contributed by atoms with Gasteiger partial charge in [-0.25, -0.2) is 8.42 Å². The fourth-order valence-corrected chi connectivity index (χ4v) is 5.03. The van der Waals surface area contributed by atoms with Gasteiger partial charge in [-0.15, -0.1) is 0 Å². The molecule has 164 valence electrons. The second kappa shape index (κ2) is 8.23. The van der Waals surface area contributed by atoms with Crippen LogP contribution >= 0.6 is 23.1 Å². The molecule has 0 radical (unpaired) electrons. The first kappa shape index (κ1) is 21.0. The molecule has 4 aromatic rings. The van der Waals surface area contributed by atoms with Crippen LogP contribution < -0.4 is 9.64 Å². The maximum Gasteiger partial charge on any atom is 0.149 e. The lowest BCUT2D eigenvalue weighted by Crippen LogP contribution is -2.23. The van der Waals surface area contributed by atoms with E-state index in [1.54, 1.807) is 12.4 Å². The zero-order valence-electron chi connectivity index (χ0n) is 17.1. The molecule has 32 heavy (non-hydrogen) atoms. The zero-order valence-corrected chi connectivity index (χ0v) is 19.5. The summed E-state index contributed by atoms with van der Waals surface area (Å²) in [5.74, 6) is 1.34. The van der Waals surface area contributed by atoms with E-state index in [1.165, 1.54) is 17.8 Å². The number of benzene rings is 2. The fraction of sp³-hybridized carbons (Fsp3) is 0.182. The Morgan fingerprint density at radius 2 is 2.06 bits per heavy atom. The third-order valence-electron chi connectivity index (χ3n) is 5.22. The minimum absolute atomic E-state index is 0.0756. The second-order valence-corrected chi connectivity index (χ2v) is 11.0. The van der Waals surface area contributed by atoms with Crippen molar-refractivity contribution in [3.8, 4) is 11.5 Å². The van der Waals surface area contributed by atoms with Gasteiger partial charge in [-0.2, -0.15) is 4.37 Å². The molecule has 3 heterocycles. The summed E-state index contributed by atoms with van der Waals surface area (Å²) in [5, 5.41) is 1.43. The maximum atomic E-state index is 11.6. The molecule has 0 saturated carbocycles. The predicted octanol–water partition coefficient (Wildman–Crippen LogP) is 5.12. The number of fused-ring (bicyclic) bond motifs is 2. The van der Waals surface area contributed by atoms with Crippen LogP contribution in [0.2, 0.25) is 5.02 Å². The van der Waals surface area contributed by atoms with E-state index in [9.17, 15) is 8.42 Å². The fourth-order valence-electron chi connectivity index (χ4n) is 3.62. The molecule has 5 rings (SSSR count). The van der Waals surface area contributed by atoms with Crippen molar-refractivity contribution in [2.45, 2.75) is 6.54 Å². The summed E-state index contributed by atoms with van der Waals surface area (Å²) >= 11 is 8.00. The molecule has 0 amide bonds. The molecule has 0 spiro atoms. The van der Waals surface area contributed by atoms with Crippen molar-refractivity contribution in [3.63, 3.8) is 0 Å². The number of ether oxygens (including phenoxy) is 1. The Kier molecular flexibility index (Phi) is 5.40. The summed E-state index contributed by atoms with van der Waals surface area (Å²) < 4.78 is 36.4. The smallest absolute Gasteiger partial charge is 0.149 e. The molecule has 1 aliphatic heterocycles. The average molecular weight is 487 g/mol. The van der Waals surface area contributed by atoms with E-state index in [1.807, 2.05) is 58.1 Å². The van der Waals surface area contributed by atoms with Crippen molar-refractivity contribution < 1.29 is 13.2 Å². The quantitative estimate of drug-likeness (QED) is 0.378. The van der Waals surface area contributed by atoms with Crippen LogP contribution in [0, 0.1) is 0 Å². The number of aryl methyl sites for hydroxylation is 1. The molecule has 2 aromatic carbocycles. The van der Waals surface area contributed by atoms with Crippen molar-refractivity contribution in [3.05, 3.63) is 65.6 Å². The highest BCUT2D eigenvalue weighted by atomic mass is 35.5. The molecule has 10 heteroatoms. The first-order valence-electron chi connectivity index (χ1n) is 9.84. The third kappa shape index (κ3) is 4.11. The van der Waals surface area contributed by atoms with E-state index in [0.29, 0.717) is 29.7 Å². The molecular formula is C22H19ClN4O3S2. The van der Waals surface area contributed by atoms with Crippen LogP contribution in [0.15, 0.2) is 59.9 Å². The topological polar surface area (TPSA) is 76.8 Å². The number of sulfone groups is 1. The van der Waals surface area contributed by atoms with Crippen LogP contribution in [0.4, 0.5) is 11.4 Å². The lowest BCUT2D eigenvalue weighted by atomic mass is 10.2. The molecule has 0 fully saturated rings. The summed E-state index contributed by atoms with van der Waals surface area (Å²) in [7, 11) is -3.05. The lowest BCUT2D eigenvalue weighted by molar-refractivity contribution is 0.488. The molecule has 0 unspecified atom stereocenters. The van der Waals surface area contributed by atoms with Gasteiger partial charge in [0.15, 0.2) is 0 Å². The average Bonchev–Trinajstić information content (AvgIpc) is 3.40. The molecule has 2 aromatic heterocycles.